The van der Waals surface area contributed by atoms with Crippen molar-refractivity contribution in [1.82, 2.24) is 15.5 Å². The van der Waals surface area contributed by atoms with Gasteiger partial charge in [-0.1, -0.05) is 12.1 Å². The lowest BCUT2D eigenvalue weighted by Gasteiger charge is -2.21. The van der Waals surface area contributed by atoms with E-state index in [1.54, 1.807) is 0 Å². The highest BCUT2D eigenvalue weighted by Gasteiger charge is 2.07. The third-order valence-corrected chi connectivity index (χ3v) is 4.37. The molecule has 0 bridgehead atoms. The highest BCUT2D eigenvalue weighted by Crippen LogP contribution is 2.21. The maximum absolute atomic E-state index is 5.94. The Kier molecular flexibility index (Phi) is 10.1. The zero-order valence-electron chi connectivity index (χ0n) is 17.7. The Morgan fingerprint density at radius 3 is 2.50 bits per heavy atom. The summed E-state index contributed by atoms with van der Waals surface area (Å²) < 4.78 is 5.94. The summed E-state index contributed by atoms with van der Waals surface area (Å²) in [4.78, 5) is 6.69. The van der Waals surface area contributed by atoms with Crippen LogP contribution in [0.15, 0.2) is 23.2 Å². The standard InChI is InChI=1S/C21H38N4O/c1-16(2)25(7)13-9-8-12-23-21(22-6)24-15-19-11-10-18(5)14-20(19)26-17(3)4/h10-11,14,16-17H,8-9,12-13,15H2,1-7H3,(H2,22,23,24). The quantitative estimate of drug-likeness (QED) is 0.379. The molecule has 0 spiro atoms. The molecule has 2 N–H and O–H groups in total. The van der Waals surface area contributed by atoms with Crippen molar-refractivity contribution in [3.8, 4) is 5.75 Å². The van der Waals surface area contributed by atoms with Crippen LogP contribution in [0.2, 0.25) is 0 Å². The van der Waals surface area contributed by atoms with Gasteiger partial charge in [0.2, 0.25) is 0 Å². The van der Waals surface area contributed by atoms with Crippen LogP contribution in [0.25, 0.3) is 0 Å². The number of unbranched alkanes of at least 4 members (excludes halogenated alkanes) is 1. The molecule has 0 aliphatic carbocycles. The summed E-state index contributed by atoms with van der Waals surface area (Å²) in [6.07, 6.45) is 2.48. The minimum Gasteiger partial charge on any atom is -0.491 e. The Bertz CT molecular complexity index is 555. The van der Waals surface area contributed by atoms with Crippen molar-refractivity contribution >= 4 is 5.96 Å². The van der Waals surface area contributed by atoms with Gasteiger partial charge < -0.3 is 20.3 Å². The average molecular weight is 363 g/mol. The largest absolute Gasteiger partial charge is 0.491 e. The van der Waals surface area contributed by atoms with E-state index in [9.17, 15) is 0 Å². The van der Waals surface area contributed by atoms with Gasteiger partial charge in [0.1, 0.15) is 5.75 Å². The van der Waals surface area contributed by atoms with Crippen molar-refractivity contribution in [2.45, 2.75) is 66.2 Å². The van der Waals surface area contributed by atoms with Gasteiger partial charge in [-0.25, -0.2) is 0 Å². The molecule has 0 unspecified atom stereocenters. The van der Waals surface area contributed by atoms with E-state index in [0.717, 1.165) is 36.8 Å². The Morgan fingerprint density at radius 1 is 1.15 bits per heavy atom. The molecule has 5 heteroatoms. The molecule has 26 heavy (non-hydrogen) atoms. The second kappa shape index (κ2) is 11.8. The second-order valence-corrected chi connectivity index (χ2v) is 7.41. The number of benzene rings is 1. The first-order chi connectivity index (χ1) is 12.3. The van der Waals surface area contributed by atoms with E-state index in [4.69, 9.17) is 4.74 Å². The second-order valence-electron chi connectivity index (χ2n) is 7.41. The fraction of sp³-hybridized carbons (Fsp3) is 0.667. The Labute approximate surface area is 160 Å². The van der Waals surface area contributed by atoms with Gasteiger partial charge >= 0.3 is 0 Å². The van der Waals surface area contributed by atoms with Crippen LogP contribution in [0.1, 0.15) is 51.7 Å². The summed E-state index contributed by atoms with van der Waals surface area (Å²) in [6, 6.07) is 6.94. The first-order valence-electron chi connectivity index (χ1n) is 9.74. The summed E-state index contributed by atoms with van der Waals surface area (Å²) in [5.74, 6) is 1.78. The van der Waals surface area contributed by atoms with Crippen LogP contribution in [0.4, 0.5) is 0 Å². The summed E-state index contributed by atoms with van der Waals surface area (Å²) in [7, 11) is 3.99. The van der Waals surface area contributed by atoms with Gasteiger partial charge in [0.15, 0.2) is 5.96 Å². The van der Waals surface area contributed by atoms with Crippen LogP contribution in [0, 0.1) is 6.92 Å². The third kappa shape index (κ3) is 8.56. The lowest BCUT2D eigenvalue weighted by Crippen LogP contribution is -2.37. The van der Waals surface area contributed by atoms with Gasteiger partial charge in [-0.2, -0.15) is 0 Å². The highest BCUT2D eigenvalue weighted by molar-refractivity contribution is 5.79. The molecule has 0 heterocycles. The number of rotatable bonds is 10. The number of hydrogen-bond acceptors (Lipinski definition) is 3. The van der Waals surface area contributed by atoms with Crippen LogP contribution >= 0.6 is 0 Å². The Hall–Kier alpha value is -1.75. The number of guanidine groups is 1. The number of nitrogens with zero attached hydrogens (tertiary/aromatic N) is 2. The van der Waals surface area contributed by atoms with E-state index in [2.05, 4.69) is 80.4 Å². The van der Waals surface area contributed by atoms with Crippen molar-refractivity contribution in [2.24, 2.45) is 4.99 Å². The normalized spacial score (nSPS) is 12.2. The molecule has 0 radical (unpaired) electrons. The number of aliphatic imine (C=N–C) groups is 1. The minimum absolute atomic E-state index is 0.164. The molecule has 1 aromatic carbocycles. The molecule has 0 saturated carbocycles. The van der Waals surface area contributed by atoms with Crippen LogP contribution < -0.4 is 15.4 Å². The molecule has 5 nitrogen and oxygen atoms in total. The van der Waals surface area contributed by atoms with Crippen molar-refractivity contribution in [2.75, 3.05) is 27.2 Å². The number of nitrogens with one attached hydrogen (secondary N) is 2. The maximum atomic E-state index is 5.94. The van der Waals surface area contributed by atoms with Gasteiger partial charge in [-0.15, -0.1) is 0 Å². The zero-order valence-corrected chi connectivity index (χ0v) is 17.7. The Balaban J connectivity index is 2.43. The SMILES string of the molecule is CN=C(NCCCCN(C)C(C)C)NCc1ccc(C)cc1OC(C)C. The van der Waals surface area contributed by atoms with Gasteiger partial charge in [0.05, 0.1) is 6.10 Å². The van der Waals surface area contributed by atoms with Crippen molar-refractivity contribution < 1.29 is 4.74 Å². The molecule has 0 saturated heterocycles. The topological polar surface area (TPSA) is 48.9 Å². The van der Waals surface area contributed by atoms with E-state index in [1.807, 2.05) is 7.05 Å². The first-order valence-corrected chi connectivity index (χ1v) is 9.74. The molecule has 0 fully saturated rings. The number of ether oxygens (including phenoxy) is 1. The van der Waals surface area contributed by atoms with Crippen LogP contribution in [0.3, 0.4) is 0 Å². The number of aryl methyl sites for hydroxylation is 1. The molecular weight excluding hydrogens is 324 g/mol. The van der Waals surface area contributed by atoms with Crippen LogP contribution in [0.5, 0.6) is 5.75 Å². The van der Waals surface area contributed by atoms with E-state index in [0.29, 0.717) is 12.6 Å². The Morgan fingerprint density at radius 2 is 1.88 bits per heavy atom. The fourth-order valence-corrected chi connectivity index (χ4v) is 2.52. The molecule has 0 aliphatic rings. The predicted molar refractivity (Wildman–Crippen MR) is 112 cm³/mol. The van der Waals surface area contributed by atoms with Crippen molar-refractivity contribution in [1.29, 1.82) is 0 Å². The molecule has 0 aliphatic heterocycles. The van der Waals surface area contributed by atoms with Crippen molar-refractivity contribution in [3.05, 3.63) is 29.3 Å². The summed E-state index contributed by atoms with van der Waals surface area (Å²) in [5, 5.41) is 6.78. The molecule has 1 aromatic rings. The molecule has 0 atom stereocenters. The van der Waals surface area contributed by atoms with Crippen LogP contribution in [-0.2, 0) is 6.54 Å². The molecular formula is C21H38N4O. The monoisotopic (exact) mass is 362 g/mol. The van der Waals surface area contributed by atoms with Gasteiger partial charge in [-0.3, -0.25) is 4.99 Å². The third-order valence-electron chi connectivity index (χ3n) is 4.37. The number of hydrogen-bond donors (Lipinski definition) is 2. The molecule has 1 rings (SSSR count). The highest BCUT2D eigenvalue weighted by atomic mass is 16.5. The summed E-state index contributed by atoms with van der Waals surface area (Å²) in [6.45, 7) is 13.4. The van der Waals surface area contributed by atoms with Crippen LogP contribution in [-0.4, -0.2) is 50.2 Å². The minimum atomic E-state index is 0.164. The average Bonchev–Trinajstić information content (AvgIpc) is 2.57. The van der Waals surface area contributed by atoms with Gasteiger partial charge in [0.25, 0.3) is 0 Å². The van der Waals surface area contributed by atoms with E-state index in [-0.39, 0.29) is 6.10 Å². The van der Waals surface area contributed by atoms with Crippen molar-refractivity contribution in [3.63, 3.8) is 0 Å². The van der Waals surface area contributed by atoms with E-state index < -0.39 is 0 Å². The zero-order chi connectivity index (χ0) is 19.5. The summed E-state index contributed by atoms with van der Waals surface area (Å²) >= 11 is 0. The van der Waals surface area contributed by atoms with Gasteiger partial charge in [-0.05, 0) is 72.7 Å². The maximum Gasteiger partial charge on any atom is 0.191 e. The first kappa shape index (κ1) is 22.3. The lowest BCUT2D eigenvalue weighted by atomic mass is 10.1. The molecule has 148 valence electrons. The predicted octanol–water partition coefficient (Wildman–Crippen LogP) is 3.57. The summed E-state index contributed by atoms with van der Waals surface area (Å²) in [5.41, 5.74) is 2.35. The van der Waals surface area contributed by atoms with E-state index in [1.165, 1.54) is 12.0 Å². The smallest absolute Gasteiger partial charge is 0.191 e. The lowest BCUT2D eigenvalue weighted by molar-refractivity contribution is 0.239. The molecule has 0 amide bonds. The van der Waals surface area contributed by atoms with Gasteiger partial charge in [0, 0.05) is 31.7 Å². The molecule has 0 aromatic heterocycles. The van der Waals surface area contributed by atoms with E-state index >= 15 is 0 Å². The fourth-order valence-electron chi connectivity index (χ4n) is 2.52.